The lowest BCUT2D eigenvalue weighted by molar-refractivity contribution is 0.479. The summed E-state index contributed by atoms with van der Waals surface area (Å²) in [4.78, 5) is 11.5. The number of rotatable bonds is 16. The van der Waals surface area contributed by atoms with Crippen molar-refractivity contribution in [2.24, 2.45) is 20.5 Å². The number of anilines is 1. The molecule has 5 aromatic carbocycles. The van der Waals surface area contributed by atoms with Crippen LogP contribution in [0, 0.1) is 0 Å². The van der Waals surface area contributed by atoms with Crippen LogP contribution in [-0.2, 0) is 63.9 Å². The molecule has 64 heavy (non-hydrogen) atoms. The number of benzene rings is 5. The van der Waals surface area contributed by atoms with Crippen molar-refractivity contribution in [1.29, 1.82) is 0 Å². The quantitative estimate of drug-likeness (QED) is 0.0456. The van der Waals surface area contributed by atoms with E-state index in [-0.39, 0.29) is 76.8 Å². The summed E-state index contributed by atoms with van der Waals surface area (Å²) in [6.45, 7) is 0.0276. The van der Waals surface area contributed by atoms with Crippen LogP contribution < -0.4 is 5.32 Å². The molecular formula is C36H32N8O15S5. The zero-order valence-electron chi connectivity index (χ0n) is 32.3. The Bertz CT molecular complexity index is 3340. The standard InChI is InChI=1S/C36H32N8O12S4.O3S/c45-57(46,47)17-5-16-37-36-39-34(38-35(40-36)19-24-12-15-27(21-32(24)59(51,52)53)43-41-25-6-2-1-3-7-25)18-23-10-13-26(14-11-23)42-44-28-20-30-29(33(22-28)60(54,55)56)8-4-9-31(30)58(48,49)50;1-4(2)3/h1-4,6-15,20-22H,5,16-19H2,(H,45,46,47)(H,48,49,50)(H,51,52,53)(H,54,55,56)(H,37,38,39,40);. The Morgan fingerprint density at radius 1 is 0.516 bits per heavy atom. The molecule has 0 amide bonds. The molecule has 23 nitrogen and oxygen atoms in total. The molecular weight excluding hydrogens is 945 g/mol. The second-order valence-electron chi connectivity index (χ2n) is 13.0. The summed E-state index contributed by atoms with van der Waals surface area (Å²) in [5.74, 6) is -0.261. The lowest BCUT2D eigenvalue weighted by atomic mass is 10.1. The summed E-state index contributed by atoms with van der Waals surface area (Å²) in [6, 6.07) is 24.8. The zero-order chi connectivity index (χ0) is 46.9. The van der Waals surface area contributed by atoms with Gasteiger partial charge in [-0.05, 0) is 72.1 Å². The van der Waals surface area contributed by atoms with Gasteiger partial charge in [-0.3, -0.25) is 18.2 Å². The van der Waals surface area contributed by atoms with Crippen LogP contribution >= 0.6 is 0 Å². The first kappa shape index (κ1) is 48.7. The maximum absolute atomic E-state index is 12.5. The minimum atomic E-state index is -4.87. The summed E-state index contributed by atoms with van der Waals surface area (Å²) < 4.78 is 160. The molecule has 0 bridgehead atoms. The highest BCUT2D eigenvalue weighted by atomic mass is 32.2. The van der Waals surface area contributed by atoms with E-state index in [0.29, 0.717) is 11.3 Å². The lowest BCUT2D eigenvalue weighted by Crippen LogP contribution is -2.15. The van der Waals surface area contributed by atoms with Crippen LogP contribution in [0.25, 0.3) is 10.8 Å². The minimum Gasteiger partial charge on any atom is -0.354 e. The molecule has 6 aromatic rings. The number of azo groups is 2. The third kappa shape index (κ3) is 14.6. The maximum atomic E-state index is 12.5. The predicted octanol–water partition coefficient (Wildman–Crippen LogP) is 5.46. The number of hydrogen-bond acceptors (Lipinski definition) is 19. The van der Waals surface area contributed by atoms with E-state index < -0.39 is 71.5 Å². The molecule has 0 atom stereocenters. The van der Waals surface area contributed by atoms with Crippen LogP contribution in [0.4, 0.5) is 28.7 Å². The van der Waals surface area contributed by atoms with Crippen LogP contribution in [0.5, 0.6) is 0 Å². The molecule has 0 saturated heterocycles. The van der Waals surface area contributed by atoms with Crippen LogP contribution in [0.2, 0.25) is 0 Å². The molecule has 6 rings (SSSR count). The number of hydrogen-bond donors (Lipinski definition) is 5. The van der Waals surface area contributed by atoms with Gasteiger partial charge in [0.15, 0.2) is 0 Å². The first-order chi connectivity index (χ1) is 29.9. The zero-order valence-corrected chi connectivity index (χ0v) is 36.4. The van der Waals surface area contributed by atoms with E-state index in [0.717, 1.165) is 18.2 Å². The number of nitrogens with one attached hydrogen (secondary N) is 1. The van der Waals surface area contributed by atoms with Crippen molar-refractivity contribution in [2.75, 3.05) is 17.6 Å². The van der Waals surface area contributed by atoms with Gasteiger partial charge in [-0.1, -0.05) is 48.5 Å². The molecule has 0 fully saturated rings. The third-order valence-corrected chi connectivity index (χ3v) is 11.9. The molecule has 1 heterocycles. The summed E-state index contributed by atoms with van der Waals surface area (Å²) in [7, 11) is -21.8. The van der Waals surface area contributed by atoms with Crippen molar-refractivity contribution in [1.82, 2.24) is 15.0 Å². The summed E-state index contributed by atoms with van der Waals surface area (Å²) in [5.41, 5.74) is 1.50. The highest BCUT2D eigenvalue weighted by Gasteiger charge is 2.22. The van der Waals surface area contributed by atoms with E-state index in [1.165, 1.54) is 30.3 Å². The Morgan fingerprint density at radius 3 is 1.64 bits per heavy atom. The van der Waals surface area contributed by atoms with E-state index >= 15 is 0 Å². The summed E-state index contributed by atoms with van der Waals surface area (Å²) >= 11 is 0. The Labute approximate surface area is 366 Å². The monoisotopic (exact) mass is 976 g/mol. The second kappa shape index (κ2) is 20.4. The normalized spacial score (nSPS) is 12.3. The highest BCUT2D eigenvalue weighted by molar-refractivity contribution is 7.86. The van der Waals surface area contributed by atoms with Crippen molar-refractivity contribution >= 4 is 90.6 Å². The molecule has 0 saturated carbocycles. The number of nitrogens with zero attached hydrogens (tertiary/aromatic N) is 7. The van der Waals surface area contributed by atoms with Gasteiger partial charge in [-0.2, -0.15) is 64.1 Å². The Balaban J connectivity index is 0.00000185. The van der Waals surface area contributed by atoms with E-state index in [1.807, 2.05) is 0 Å². The van der Waals surface area contributed by atoms with Gasteiger partial charge in [0.1, 0.15) is 21.4 Å². The fourth-order valence-corrected chi connectivity index (χ4v) is 8.39. The van der Waals surface area contributed by atoms with Crippen LogP contribution in [0.3, 0.4) is 0 Å². The van der Waals surface area contributed by atoms with Crippen molar-refractivity contribution < 1.29 is 64.5 Å². The Hall–Kier alpha value is -6.37. The van der Waals surface area contributed by atoms with E-state index in [4.69, 9.17) is 17.2 Å². The van der Waals surface area contributed by atoms with Gasteiger partial charge in [0.2, 0.25) is 5.95 Å². The van der Waals surface area contributed by atoms with Gasteiger partial charge in [0, 0.05) is 30.2 Å². The van der Waals surface area contributed by atoms with Crippen molar-refractivity contribution in [3.63, 3.8) is 0 Å². The van der Waals surface area contributed by atoms with Crippen LogP contribution in [-0.4, -0.2) is 91.8 Å². The molecule has 0 aliphatic carbocycles. The van der Waals surface area contributed by atoms with E-state index in [9.17, 15) is 47.3 Å². The largest absolute Gasteiger partial charge is 0.425 e. The number of fused-ring (bicyclic) bond motifs is 1. The molecule has 0 aliphatic heterocycles. The molecule has 5 N–H and O–H groups in total. The molecule has 0 unspecified atom stereocenters. The van der Waals surface area contributed by atoms with Gasteiger partial charge in [0.25, 0.3) is 40.5 Å². The van der Waals surface area contributed by atoms with Gasteiger partial charge in [0.05, 0.1) is 33.4 Å². The van der Waals surface area contributed by atoms with Gasteiger partial charge in [-0.25, -0.2) is 4.98 Å². The average Bonchev–Trinajstić information content (AvgIpc) is 3.20. The second-order valence-corrected chi connectivity index (χ2v) is 19.2. The fourth-order valence-electron chi connectivity index (χ4n) is 5.72. The van der Waals surface area contributed by atoms with Gasteiger partial charge < -0.3 is 5.32 Å². The molecule has 28 heteroatoms. The molecule has 0 radical (unpaired) electrons. The van der Waals surface area contributed by atoms with Crippen LogP contribution in [0.1, 0.15) is 29.2 Å². The maximum Gasteiger partial charge on any atom is 0.425 e. The van der Waals surface area contributed by atoms with Gasteiger partial charge in [-0.15, -0.1) is 12.6 Å². The first-order valence-electron chi connectivity index (χ1n) is 17.7. The summed E-state index contributed by atoms with van der Waals surface area (Å²) in [5, 5.41) is 18.7. The van der Waals surface area contributed by atoms with Crippen molar-refractivity contribution in [2.45, 2.75) is 33.9 Å². The van der Waals surface area contributed by atoms with Crippen molar-refractivity contribution in [3.05, 3.63) is 126 Å². The predicted molar refractivity (Wildman–Crippen MR) is 226 cm³/mol. The topological polar surface area (TPSA) is 369 Å². The summed E-state index contributed by atoms with van der Waals surface area (Å²) in [6.07, 6.45) is -0.133. The van der Waals surface area contributed by atoms with Crippen LogP contribution in [0.15, 0.2) is 138 Å². The smallest absolute Gasteiger partial charge is 0.354 e. The first-order valence-corrected chi connectivity index (χ1v) is 24.7. The fraction of sp³-hybridized carbons (Fsp3) is 0.139. The highest BCUT2D eigenvalue weighted by Crippen LogP contribution is 2.34. The van der Waals surface area contributed by atoms with Crippen molar-refractivity contribution in [3.8, 4) is 0 Å². The Kier molecular flexibility index (Phi) is 15.5. The average molecular weight is 977 g/mol. The third-order valence-electron chi connectivity index (χ3n) is 8.34. The lowest BCUT2D eigenvalue weighted by Gasteiger charge is -2.11. The van der Waals surface area contributed by atoms with E-state index in [1.54, 1.807) is 54.6 Å². The van der Waals surface area contributed by atoms with Gasteiger partial charge >= 0.3 is 10.6 Å². The molecule has 0 aliphatic rings. The molecule has 336 valence electrons. The minimum absolute atomic E-state index is 0.00483. The van der Waals surface area contributed by atoms with E-state index in [2.05, 4.69) is 40.7 Å². The molecule has 0 spiro atoms. The molecule has 1 aromatic heterocycles. The SMILES string of the molecule is O=S(=O)(O)CCCNc1nc(Cc2ccc(N=Nc3cc(S(=O)(=O)O)c4cccc(S(=O)(=O)O)c4c3)cc2)nc(Cc2ccc(N=Nc3ccccc3)cc2S(=O)(=O)O)n1.O=S(=O)=O. The Morgan fingerprint density at radius 2 is 1.05 bits per heavy atom. The number of aromatic nitrogens is 3.